The largest absolute Gasteiger partial charge is 0.472 e. The summed E-state index contributed by atoms with van der Waals surface area (Å²) in [4.78, 5) is 10.1. The fourth-order valence-corrected chi connectivity index (χ4v) is 6.76. The highest BCUT2D eigenvalue weighted by molar-refractivity contribution is 7.91. The lowest BCUT2D eigenvalue weighted by Gasteiger charge is -2.24. The molecule has 0 radical (unpaired) electrons. The monoisotopic (exact) mass is 614 g/mol. The Balaban J connectivity index is 4.55. The molecule has 0 aliphatic carbocycles. The lowest BCUT2D eigenvalue weighted by atomic mass is 10.1. The lowest BCUT2D eigenvalue weighted by molar-refractivity contribution is -0.870. The normalized spacial score (nSPS) is 14.8. The van der Waals surface area contributed by atoms with Crippen LogP contribution in [0, 0.1) is 0 Å². The molecule has 0 amide bonds. The van der Waals surface area contributed by atoms with Crippen LogP contribution in [-0.2, 0) is 28.2 Å². The highest BCUT2D eigenvalue weighted by Gasteiger charge is 2.27. The third-order valence-corrected chi connectivity index (χ3v) is 9.81. The van der Waals surface area contributed by atoms with E-state index >= 15 is 0 Å². The summed E-state index contributed by atoms with van der Waals surface area (Å²) in [7, 11) is -1.79. The number of phosphoric acid groups is 1. The van der Waals surface area contributed by atoms with Crippen LogP contribution in [-0.4, -0.2) is 82.9 Å². The molecular formula is C30H65NO7PS+. The van der Waals surface area contributed by atoms with Crippen molar-refractivity contribution in [3.05, 3.63) is 0 Å². The molecule has 0 saturated carbocycles. The third-order valence-electron chi connectivity index (χ3n) is 7.04. The van der Waals surface area contributed by atoms with E-state index in [1.54, 1.807) is 0 Å². The zero-order chi connectivity index (χ0) is 30.2. The maximum atomic E-state index is 12.8. The van der Waals surface area contributed by atoms with Crippen molar-refractivity contribution in [1.29, 1.82) is 0 Å². The molecule has 0 aromatic heterocycles. The summed E-state index contributed by atoms with van der Waals surface area (Å²) in [6.45, 7) is 5.17. The summed E-state index contributed by atoms with van der Waals surface area (Å²) >= 11 is 0. The van der Waals surface area contributed by atoms with Crippen molar-refractivity contribution in [2.24, 2.45) is 0 Å². The minimum atomic E-state index is -4.29. The molecule has 0 saturated heterocycles. The molecule has 0 aliphatic heterocycles. The Hall–Kier alpha value is -0.0200. The minimum Gasteiger partial charge on any atom is -0.375 e. The van der Waals surface area contributed by atoms with Gasteiger partial charge in [0.1, 0.15) is 13.2 Å². The van der Waals surface area contributed by atoms with Crippen LogP contribution in [0.5, 0.6) is 0 Å². The fourth-order valence-electron chi connectivity index (χ4n) is 4.45. The van der Waals surface area contributed by atoms with E-state index in [1.165, 1.54) is 70.6 Å². The molecule has 0 fully saturated rings. The number of sulfone groups is 1. The summed E-state index contributed by atoms with van der Waals surface area (Å²) in [6, 6.07) is 0. The number of hydrogen-bond acceptors (Lipinski definition) is 6. The van der Waals surface area contributed by atoms with Crippen LogP contribution in [0.25, 0.3) is 0 Å². The molecule has 0 rings (SSSR count). The maximum Gasteiger partial charge on any atom is 0.472 e. The SMILES string of the molecule is CCCCCCCCCCCCS(=O)(=O)CC(COP(=O)(O)OCC[N+](C)(C)C)OCCCCCCCCCC. The fraction of sp³-hybridized carbons (Fsp3) is 1.00. The smallest absolute Gasteiger partial charge is 0.375 e. The van der Waals surface area contributed by atoms with Gasteiger partial charge in [-0.15, -0.1) is 0 Å². The highest BCUT2D eigenvalue weighted by atomic mass is 32.2. The molecule has 0 aliphatic rings. The number of hydrogen-bond donors (Lipinski definition) is 1. The van der Waals surface area contributed by atoms with Gasteiger partial charge in [-0.05, 0) is 12.8 Å². The van der Waals surface area contributed by atoms with Gasteiger partial charge in [-0.1, -0.05) is 117 Å². The number of rotatable bonds is 30. The van der Waals surface area contributed by atoms with Gasteiger partial charge in [-0.25, -0.2) is 13.0 Å². The summed E-state index contributed by atoms with van der Waals surface area (Å²) in [5.41, 5.74) is 0. The van der Waals surface area contributed by atoms with E-state index < -0.39 is 23.8 Å². The van der Waals surface area contributed by atoms with Gasteiger partial charge in [-0.2, -0.15) is 0 Å². The number of unbranched alkanes of at least 4 members (excludes halogenated alkanes) is 16. The molecule has 0 aromatic carbocycles. The first-order chi connectivity index (χ1) is 18.9. The van der Waals surface area contributed by atoms with Crippen molar-refractivity contribution < 1.29 is 36.1 Å². The molecule has 0 heterocycles. The number of ether oxygens (including phenoxy) is 1. The highest BCUT2D eigenvalue weighted by Crippen LogP contribution is 2.43. The molecule has 2 unspecified atom stereocenters. The molecule has 40 heavy (non-hydrogen) atoms. The third kappa shape index (κ3) is 28.1. The molecule has 0 spiro atoms. The molecule has 0 bridgehead atoms. The van der Waals surface area contributed by atoms with Gasteiger partial charge < -0.3 is 14.1 Å². The van der Waals surface area contributed by atoms with Crippen molar-refractivity contribution in [2.75, 3.05) is 59.0 Å². The Morgan fingerprint density at radius 3 is 1.60 bits per heavy atom. The number of likely N-dealkylation sites (N-methyl/N-ethyl adjacent to an activating group) is 1. The van der Waals surface area contributed by atoms with E-state index in [-0.39, 0.29) is 24.7 Å². The Bertz CT molecular complexity index is 728. The second kappa shape index (κ2) is 24.4. The Labute approximate surface area is 248 Å². The van der Waals surface area contributed by atoms with Gasteiger partial charge in [0.05, 0.1) is 45.4 Å². The van der Waals surface area contributed by atoms with Gasteiger partial charge in [0.15, 0.2) is 9.84 Å². The van der Waals surface area contributed by atoms with Crippen LogP contribution in [0.4, 0.5) is 0 Å². The second-order valence-electron chi connectivity index (χ2n) is 12.4. The van der Waals surface area contributed by atoms with Crippen molar-refractivity contribution >= 4 is 17.7 Å². The minimum absolute atomic E-state index is 0.0676. The molecule has 1 N–H and O–H groups in total. The summed E-state index contributed by atoms with van der Waals surface area (Å²) in [6.07, 6.45) is 19.9. The van der Waals surface area contributed by atoms with E-state index in [0.29, 0.717) is 24.1 Å². The molecule has 0 aromatic rings. The standard InChI is InChI=1S/C30H64NO7PS/c1-6-8-10-12-14-16-17-19-21-23-27-40(34,35)29-30(36-25-22-20-18-15-13-11-9-7-2)28-38-39(32,33)37-26-24-31(3,4)5/h30H,6-29H2,1-5H3/p+1. The molecule has 8 nitrogen and oxygen atoms in total. The zero-order valence-corrected chi connectivity index (χ0v) is 28.5. The predicted octanol–water partition coefficient (Wildman–Crippen LogP) is 7.69. The molecule has 10 heteroatoms. The quantitative estimate of drug-likeness (QED) is 0.0503. The van der Waals surface area contributed by atoms with Crippen LogP contribution in [0.2, 0.25) is 0 Å². The Morgan fingerprint density at radius 1 is 0.675 bits per heavy atom. The Kier molecular flexibility index (Phi) is 24.4. The lowest BCUT2D eigenvalue weighted by Crippen LogP contribution is -2.37. The van der Waals surface area contributed by atoms with Gasteiger partial charge in [0.25, 0.3) is 0 Å². The van der Waals surface area contributed by atoms with Gasteiger partial charge in [-0.3, -0.25) is 9.05 Å². The van der Waals surface area contributed by atoms with Crippen LogP contribution < -0.4 is 0 Å². The average Bonchev–Trinajstić information content (AvgIpc) is 2.86. The first-order valence-electron chi connectivity index (χ1n) is 16.1. The van der Waals surface area contributed by atoms with Crippen LogP contribution >= 0.6 is 7.82 Å². The van der Waals surface area contributed by atoms with Gasteiger partial charge in [0.2, 0.25) is 0 Å². The van der Waals surface area contributed by atoms with E-state index in [9.17, 15) is 17.9 Å². The van der Waals surface area contributed by atoms with E-state index in [4.69, 9.17) is 13.8 Å². The van der Waals surface area contributed by atoms with Crippen LogP contribution in [0.15, 0.2) is 0 Å². The number of nitrogens with zero attached hydrogens (tertiary/aromatic N) is 1. The van der Waals surface area contributed by atoms with Crippen LogP contribution in [0.1, 0.15) is 129 Å². The first kappa shape index (κ1) is 40.0. The summed E-state index contributed by atoms with van der Waals surface area (Å²) < 4.78 is 54.8. The van der Waals surface area contributed by atoms with Crippen molar-refractivity contribution in [1.82, 2.24) is 0 Å². The summed E-state index contributed by atoms with van der Waals surface area (Å²) in [5.74, 6) is -0.0990. The van der Waals surface area contributed by atoms with Crippen LogP contribution in [0.3, 0.4) is 0 Å². The predicted molar refractivity (Wildman–Crippen MR) is 167 cm³/mol. The topological polar surface area (TPSA) is 99.1 Å². The summed E-state index contributed by atoms with van der Waals surface area (Å²) in [5, 5.41) is 0. The molecule has 2 atom stereocenters. The average molecular weight is 615 g/mol. The second-order valence-corrected chi connectivity index (χ2v) is 16.1. The first-order valence-corrected chi connectivity index (χ1v) is 19.5. The number of phosphoric ester groups is 1. The van der Waals surface area contributed by atoms with E-state index in [0.717, 1.165) is 38.5 Å². The van der Waals surface area contributed by atoms with Crippen molar-refractivity contribution in [2.45, 2.75) is 136 Å². The van der Waals surface area contributed by atoms with Gasteiger partial charge >= 0.3 is 7.82 Å². The van der Waals surface area contributed by atoms with E-state index in [1.807, 2.05) is 21.1 Å². The van der Waals surface area contributed by atoms with Crippen molar-refractivity contribution in [3.63, 3.8) is 0 Å². The van der Waals surface area contributed by atoms with Gasteiger partial charge in [0, 0.05) is 6.61 Å². The van der Waals surface area contributed by atoms with Crippen molar-refractivity contribution in [3.8, 4) is 0 Å². The Morgan fingerprint density at radius 2 is 1.12 bits per heavy atom. The molecular weight excluding hydrogens is 549 g/mol. The number of quaternary nitrogens is 1. The van der Waals surface area contributed by atoms with E-state index in [2.05, 4.69) is 13.8 Å². The zero-order valence-electron chi connectivity index (χ0n) is 26.7. The maximum absolute atomic E-state index is 12.8. The molecule has 242 valence electrons.